The van der Waals surface area contributed by atoms with Gasteiger partial charge in [0.2, 0.25) is 0 Å². The van der Waals surface area contributed by atoms with Crippen LogP contribution in [0.5, 0.6) is 0 Å². The summed E-state index contributed by atoms with van der Waals surface area (Å²) in [5.41, 5.74) is 1.39. The minimum absolute atomic E-state index is 0.0888. The largest absolute Gasteiger partial charge is 0.407 e. The quantitative estimate of drug-likeness (QED) is 0.0425. The first-order valence-corrected chi connectivity index (χ1v) is 29.5. The van der Waals surface area contributed by atoms with Crippen LogP contribution in [-0.4, -0.2) is 117 Å². The molecule has 3 aliphatic heterocycles. The van der Waals surface area contributed by atoms with Crippen LogP contribution < -0.4 is 10.4 Å². The Morgan fingerprint density at radius 1 is 0.882 bits per heavy atom. The second kappa shape index (κ2) is 23.0. The van der Waals surface area contributed by atoms with E-state index in [1.807, 2.05) is 50.2 Å². The summed E-state index contributed by atoms with van der Waals surface area (Å²) in [6, 6.07) is 29.2. The van der Waals surface area contributed by atoms with Crippen molar-refractivity contribution >= 4 is 38.6 Å². The first-order chi connectivity index (χ1) is 32.0. The zero-order valence-electron chi connectivity index (χ0n) is 41.4. The van der Waals surface area contributed by atoms with Crippen LogP contribution in [-0.2, 0) is 52.2 Å². The van der Waals surface area contributed by atoms with Crippen LogP contribution >= 0.6 is 0 Å². The molecule has 6 rings (SSSR count). The number of aliphatic hydroxyl groups excluding tert-OH is 1. The summed E-state index contributed by atoms with van der Waals surface area (Å²) >= 11 is 0. The molecule has 0 amide bonds. The zero-order valence-corrected chi connectivity index (χ0v) is 44.0. The smallest absolute Gasteiger partial charge is 0.264 e. The highest BCUT2D eigenvalue weighted by Gasteiger charge is 2.51. The molecular weight excluding hydrogens is 921 g/mol. The molecule has 0 radical (unpaired) electrons. The molecular formula is C53H76O12S2Si. The Morgan fingerprint density at radius 3 is 2.03 bits per heavy atom. The molecule has 1 N–H and O–H groups in total. The third-order valence-corrected chi connectivity index (χ3v) is 21.3. The van der Waals surface area contributed by atoms with Gasteiger partial charge in [-0.2, -0.15) is 8.42 Å². The van der Waals surface area contributed by atoms with E-state index in [0.717, 1.165) is 22.2 Å². The first kappa shape index (κ1) is 54.3. The Bertz CT molecular complexity index is 2280. The van der Waals surface area contributed by atoms with Crippen molar-refractivity contribution in [2.24, 2.45) is 11.8 Å². The molecule has 0 saturated carbocycles. The lowest BCUT2D eigenvalue weighted by Gasteiger charge is -2.43. The minimum Gasteiger partial charge on any atom is -0.407 e. The Kier molecular flexibility index (Phi) is 18.4. The van der Waals surface area contributed by atoms with E-state index in [0.29, 0.717) is 63.7 Å². The van der Waals surface area contributed by atoms with Crippen molar-refractivity contribution in [3.63, 3.8) is 0 Å². The molecule has 3 aliphatic rings. The lowest BCUT2D eigenvalue weighted by molar-refractivity contribution is -0.144. The van der Waals surface area contributed by atoms with Gasteiger partial charge in [0.05, 0.1) is 72.3 Å². The summed E-state index contributed by atoms with van der Waals surface area (Å²) in [6.07, 6.45) is 0.396. The average molecular weight is 997 g/mol. The third-order valence-electron chi connectivity index (χ3n) is 13.9. The van der Waals surface area contributed by atoms with Gasteiger partial charge in [0.1, 0.15) is 0 Å². The molecule has 1 unspecified atom stereocenters. The number of rotatable bonds is 23. The molecule has 376 valence electrons. The van der Waals surface area contributed by atoms with E-state index in [1.54, 1.807) is 37.4 Å². The predicted octanol–water partition coefficient (Wildman–Crippen LogP) is 7.93. The maximum atomic E-state index is 13.9. The van der Waals surface area contributed by atoms with E-state index in [9.17, 15) is 21.9 Å². The fraction of sp³-hybridized carbons (Fsp3) is 0.585. The molecule has 12 nitrogen and oxygen atoms in total. The van der Waals surface area contributed by atoms with Gasteiger partial charge in [0, 0.05) is 32.5 Å². The monoisotopic (exact) mass is 996 g/mol. The van der Waals surface area contributed by atoms with Gasteiger partial charge < -0.3 is 33.2 Å². The highest BCUT2D eigenvalue weighted by molar-refractivity contribution is 7.91. The van der Waals surface area contributed by atoms with Crippen LogP contribution in [0.2, 0.25) is 5.04 Å². The molecule has 15 heteroatoms. The molecule has 68 heavy (non-hydrogen) atoms. The lowest BCUT2D eigenvalue weighted by Crippen LogP contribution is -2.66. The van der Waals surface area contributed by atoms with Gasteiger partial charge >= 0.3 is 0 Å². The van der Waals surface area contributed by atoms with Crippen LogP contribution in [0.1, 0.15) is 92.9 Å². The molecule has 0 aliphatic carbocycles. The highest BCUT2D eigenvalue weighted by Crippen LogP contribution is 2.42. The number of sulfone groups is 1. The molecule has 3 aromatic rings. The van der Waals surface area contributed by atoms with Gasteiger partial charge in [-0.05, 0) is 97.0 Å². The summed E-state index contributed by atoms with van der Waals surface area (Å²) < 4.78 is 97.0. The van der Waals surface area contributed by atoms with Gasteiger partial charge in [-0.3, -0.25) is 4.18 Å². The van der Waals surface area contributed by atoms with Crippen molar-refractivity contribution in [3.05, 3.63) is 115 Å². The topological polar surface area (TPSA) is 153 Å². The molecule has 10 atom stereocenters. The van der Waals surface area contributed by atoms with Crippen molar-refractivity contribution in [2.45, 2.75) is 157 Å². The maximum absolute atomic E-state index is 13.9. The number of hydrogen-bond donors (Lipinski definition) is 1. The third kappa shape index (κ3) is 13.9. The number of methoxy groups -OCH3 is 1. The summed E-state index contributed by atoms with van der Waals surface area (Å²) in [7, 11) is -8.73. The van der Waals surface area contributed by atoms with E-state index >= 15 is 0 Å². The zero-order chi connectivity index (χ0) is 49.5. The Hall–Kier alpha value is -3.06. The molecule has 3 aromatic carbocycles. The van der Waals surface area contributed by atoms with E-state index in [1.165, 1.54) is 0 Å². The SMILES string of the molecule is C=C1C(C[C@@H]2O[C@H](C[C@H]3COC(C)(C)O3)[C@H](OC)[C@H]2CS(=O)(=O)c2ccccc2)O[C@@H](CC[C@H](O)C(=C)C[C@@H](CCCO[Si](c2ccccc2)(c2ccccc2)C(C)(C)C)OS(C)(=O)=O)C[C@H]1C. The van der Waals surface area contributed by atoms with Crippen LogP contribution in [0, 0.1) is 11.8 Å². The van der Waals surface area contributed by atoms with E-state index in [-0.39, 0.29) is 40.2 Å². The van der Waals surface area contributed by atoms with Crippen molar-refractivity contribution < 1.29 is 54.2 Å². The van der Waals surface area contributed by atoms with Gasteiger partial charge in [-0.1, -0.05) is 120 Å². The van der Waals surface area contributed by atoms with Crippen molar-refractivity contribution in [2.75, 3.05) is 32.3 Å². The number of hydrogen-bond acceptors (Lipinski definition) is 12. The van der Waals surface area contributed by atoms with Crippen molar-refractivity contribution in [1.29, 1.82) is 0 Å². The van der Waals surface area contributed by atoms with Gasteiger partial charge in [0.25, 0.3) is 18.4 Å². The van der Waals surface area contributed by atoms with Crippen LogP contribution in [0.3, 0.4) is 0 Å². The van der Waals surface area contributed by atoms with Gasteiger partial charge in [-0.15, -0.1) is 0 Å². The molecule has 3 fully saturated rings. The second-order valence-electron chi connectivity index (χ2n) is 20.6. The Labute approximate surface area is 407 Å². The van der Waals surface area contributed by atoms with E-state index in [2.05, 4.69) is 65.1 Å². The minimum atomic E-state index is -3.82. The summed E-state index contributed by atoms with van der Waals surface area (Å²) in [4.78, 5) is 0.244. The summed E-state index contributed by atoms with van der Waals surface area (Å²) in [5.74, 6) is -1.32. The van der Waals surface area contributed by atoms with E-state index < -0.39 is 76.6 Å². The summed E-state index contributed by atoms with van der Waals surface area (Å²) in [6.45, 7) is 21.9. The fourth-order valence-corrected chi connectivity index (χ4v) is 17.4. The first-order valence-electron chi connectivity index (χ1n) is 24.1. The number of benzene rings is 3. The molecule has 0 spiro atoms. The maximum Gasteiger partial charge on any atom is 0.264 e. The van der Waals surface area contributed by atoms with Crippen LogP contribution in [0.4, 0.5) is 0 Å². The average Bonchev–Trinajstić information content (AvgIpc) is 3.79. The Balaban J connectivity index is 1.09. The van der Waals surface area contributed by atoms with E-state index in [4.69, 9.17) is 32.3 Å². The standard InChI is InChI=1S/C53H76O12S2Si/c1-37-31-40(62-48(39(37)3)34-49-46(36-67(57,58)43-22-14-11-15-23-43)51(59-9)50(63-49)33-42-35-60-53(7,8)64-42)28-29-47(54)38(2)32-41(65-66(10,55)56)21-20-30-61-68(52(4,5)6,44-24-16-12-17-25-44)45-26-18-13-19-27-45/h11-19,22-27,37,40-42,46-51,54H,2-3,20-21,28-36H2,1,4-10H3/t37-,40+,41-,42+,46+,47+,48?,49+,50-,51-/m1/s1. The van der Waals surface area contributed by atoms with Crippen molar-refractivity contribution in [1.82, 2.24) is 0 Å². The normalized spacial score (nSPS) is 26.7. The van der Waals surface area contributed by atoms with Gasteiger partial charge in [-0.25, -0.2) is 8.42 Å². The lowest BCUT2D eigenvalue weighted by atomic mass is 9.83. The fourth-order valence-electron chi connectivity index (χ4n) is 10.5. The second-order valence-corrected chi connectivity index (χ2v) is 28.5. The number of aliphatic hydroxyl groups is 1. The van der Waals surface area contributed by atoms with Gasteiger partial charge in [0.15, 0.2) is 15.6 Å². The Morgan fingerprint density at radius 2 is 1.49 bits per heavy atom. The molecule has 3 saturated heterocycles. The van der Waals surface area contributed by atoms with Crippen molar-refractivity contribution in [3.8, 4) is 0 Å². The highest BCUT2D eigenvalue weighted by atomic mass is 32.2. The number of ether oxygens (including phenoxy) is 5. The molecule has 0 aromatic heterocycles. The predicted molar refractivity (Wildman–Crippen MR) is 269 cm³/mol. The van der Waals surface area contributed by atoms with Crippen LogP contribution in [0.25, 0.3) is 0 Å². The molecule has 0 bridgehead atoms. The summed E-state index contributed by atoms with van der Waals surface area (Å²) in [5, 5.41) is 13.6. The van der Waals surface area contributed by atoms with Crippen LogP contribution in [0.15, 0.2) is 120 Å². The molecule has 3 heterocycles.